The van der Waals surface area contributed by atoms with Crippen molar-refractivity contribution >= 4 is 0 Å². The van der Waals surface area contributed by atoms with Gasteiger partial charge in [0.1, 0.15) is 0 Å². The summed E-state index contributed by atoms with van der Waals surface area (Å²) in [6.45, 7) is 11.7. The molecular weight excluding hydrogens is 218 g/mol. The van der Waals surface area contributed by atoms with Gasteiger partial charge in [-0.15, -0.1) is 0 Å². The molecule has 0 saturated heterocycles. The summed E-state index contributed by atoms with van der Waals surface area (Å²) in [6.07, 6.45) is 2.57. The van der Waals surface area contributed by atoms with E-state index in [0.717, 1.165) is 0 Å². The summed E-state index contributed by atoms with van der Waals surface area (Å²) in [5.41, 5.74) is 5.15. The third kappa shape index (κ3) is 2.21. The van der Waals surface area contributed by atoms with E-state index < -0.39 is 0 Å². The second-order valence-electron chi connectivity index (χ2n) is 7.08. The van der Waals surface area contributed by atoms with Crippen LogP contribution in [0.5, 0.6) is 0 Å². The third-order valence-electron chi connectivity index (χ3n) is 4.81. The maximum Gasteiger partial charge on any atom is 0.0289 e. The van der Waals surface area contributed by atoms with Crippen LogP contribution < -0.4 is 5.32 Å². The minimum atomic E-state index is 0.314. The largest absolute Gasteiger partial charge is 0.313 e. The van der Waals surface area contributed by atoms with Gasteiger partial charge in [0.05, 0.1) is 0 Å². The summed E-state index contributed by atoms with van der Waals surface area (Å²) >= 11 is 0. The Bertz CT molecular complexity index is 443. The molecule has 1 aliphatic rings. The van der Waals surface area contributed by atoms with E-state index in [-0.39, 0.29) is 0 Å². The second kappa shape index (κ2) is 4.38. The summed E-state index contributed by atoms with van der Waals surface area (Å²) < 4.78 is 0. The molecule has 0 aliphatic heterocycles. The van der Waals surface area contributed by atoms with Crippen molar-refractivity contribution in [1.82, 2.24) is 5.32 Å². The molecule has 0 aromatic heterocycles. The number of hydrogen-bond donors (Lipinski definition) is 1. The lowest BCUT2D eigenvalue weighted by Gasteiger charge is -2.42. The summed E-state index contributed by atoms with van der Waals surface area (Å²) in [4.78, 5) is 0. The Hall–Kier alpha value is -0.820. The number of nitrogens with one attached hydrogen (secondary N) is 1. The lowest BCUT2D eigenvalue weighted by Crippen LogP contribution is -2.34. The predicted octanol–water partition coefficient (Wildman–Crippen LogP) is 4.32. The van der Waals surface area contributed by atoms with Crippen molar-refractivity contribution in [2.45, 2.75) is 64.3 Å². The van der Waals surface area contributed by atoms with Crippen LogP contribution in [0, 0.1) is 0 Å². The van der Waals surface area contributed by atoms with Crippen LogP contribution in [-0.2, 0) is 10.8 Å². The average molecular weight is 245 g/mol. The van der Waals surface area contributed by atoms with Crippen molar-refractivity contribution in [2.24, 2.45) is 0 Å². The Balaban J connectivity index is 2.55. The van der Waals surface area contributed by atoms with Gasteiger partial charge in [-0.1, -0.05) is 45.9 Å². The molecule has 0 fully saturated rings. The highest BCUT2D eigenvalue weighted by Gasteiger charge is 2.36. The fourth-order valence-corrected chi connectivity index (χ4v) is 3.04. The number of rotatable bonds is 2. The molecule has 0 heterocycles. The van der Waals surface area contributed by atoms with Crippen LogP contribution in [0.3, 0.4) is 0 Å². The van der Waals surface area contributed by atoms with E-state index in [1.807, 2.05) is 7.05 Å². The second-order valence-corrected chi connectivity index (χ2v) is 7.08. The molecule has 0 saturated carbocycles. The first-order chi connectivity index (χ1) is 8.28. The molecule has 1 N–H and O–H groups in total. The van der Waals surface area contributed by atoms with E-state index in [0.29, 0.717) is 16.9 Å². The highest BCUT2D eigenvalue weighted by atomic mass is 14.8. The Morgan fingerprint density at radius 2 is 1.56 bits per heavy atom. The Kier molecular flexibility index (Phi) is 3.31. The Labute approximate surface area is 112 Å². The molecular formula is C17H27N. The van der Waals surface area contributed by atoms with E-state index in [1.54, 1.807) is 11.1 Å². The van der Waals surface area contributed by atoms with Crippen molar-refractivity contribution in [2.75, 3.05) is 7.05 Å². The fraction of sp³-hybridized carbons (Fsp3) is 0.647. The molecule has 1 atom stereocenters. The number of benzene rings is 1. The predicted molar refractivity (Wildman–Crippen MR) is 79.2 cm³/mol. The summed E-state index contributed by atoms with van der Waals surface area (Å²) in [6, 6.07) is 7.51. The van der Waals surface area contributed by atoms with Crippen LogP contribution >= 0.6 is 0 Å². The van der Waals surface area contributed by atoms with E-state index in [1.165, 1.54) is 18.4 Å². The van der Waals surface area contributed by atoms with Gasteiger partial charge in [0.15, 0.2) is 0 Å². The van der Waals surface area contributed by atoms with Crippen LogP contribution in [0.15, 0.2) is 18.2 Å². The van der Waals surface area contributed by atoms with E-state index >= 15 is 0 Å². The normalized spacial score (nSPS) is 22.3. The third-order valence-corrected chi connectivity index (χ3v) is 4.81. The molecule has 1 nitrogen and oxygen atoms in total. The first kappa shape index (κ1) is 13.6. The molecule has 100 valence electrons. The van der Waals surface area contributed by atoms with Gasteiger partial charge in [0.25, 0.3) is 0 Å². The van der Waals surface area contributed by atoms with E-state index in [4.69, 9.17) is 0 Å². The van der Waals surface area contributed by atoms with Crippen LogP contribution in [0.25, 0.3) is 0 Å². The minimum Gasteiger partial charge on any atom is -0.313 e. The monoisotopic (exact) mass is 245 g/mol. The van der Waals surface area contributed by atoms with Gasteiger partial charge in [-0.05, 0) is 54.3 Å². The van der Waals surface area contributed by atoms with Crippen LogP contribution in [0.2, 0.25) is 0 Å². The molecule has 1 aromatic carbocycles. The average Bonchev–Trinajstić information content (AvgIpc) is 2.34. The van der Waals surface area contributed by atoms with Gasteiger partial charge in [-0.2, -0.15) is 0 Å². The fourth-order valence-electron chi connectivity index (χ4n) is 3.04. The van der Waals surface area contributed by atoms with E-state index in [2.05, 4.69) is 58.1 Å². The van der Waals surface area contributed by atoms with Gasteiger partial charge < -0.3 is 5.32 Å². The highest BCUT2D eigenvalue weighted by Crippen LogP contribution is 2.46. The van der Waals surface area contributed by atoms with Crippen molar-refractivity contribution < 1.29 is 0 Å². The molecule has 1 unspecified atom stereocenters. The maximum atomic E-state index is 3.34. The zero-order valence-corrected chi connectivity index (χ0v) is 12.7. The van der Waals surface area contributed by atoms with Crippen molar-refractivity contribution in [3.05, 3.63) is 34.9 Å². The molecule has 0 spiro atoms. The smallest absolute Gasteiger partial charge is 0.0289 e. The van der Waals surface area contributed by atoms with Gasteiger partial charge in [-0.3, -0.25) is 0 Å². The van der Waals surface area contributed by atoms with Crippen LogP contribution in [0.4, 0.5) is 0 Å². The van der Waals surface area contributed by atoms with Crippen LogP contribution in [0.1, 0.15) is 70.2 Å². The van der Waals surface area contributed by atoms with Crippen molar-refractivity contribution in [3.63, 3.8) is 0 Å². The van der Waals surface area contributed by atoms with Gasteiger partial charge in [0.2, 0.25) is 0 Å². The maximum absolute atomic E-state index is 3.34. The topological polar surface area (TPSA) is 12.0 Å². The molecule has 0 radical (unpaired) electrons. The zero-order valence-electron chi connectivity index (χ0n) is 12.7. The lowest BCUT2D eigenvalue weighted by molar-refractivity contribution is 0.331. The Morgan fingerprint density at radius 3 is 2.11 bits per heavy atom. The zero-order chi connectivity index (χ0) is 13.6. The Morgan fingerprint density at radius 1 is 1.00 bits per heavy atom. The standard InChI is InChI=1S/C17H27N/c1-12(18-6)13-7-8-14-15(11-13)17(4,5)10-9-16(14,2)3/h7-8,11-12,18H,9-10H2,1-6H3. The summed E-state index contributed by atoms with van der Waals surface area (Å²) in [5.74, 6) is 0. The molecule has 0 amide bonds. The molecule has 18 heavy (non-hydrogen) atoms. The molecule has 1 aromatic rings. The number of fused-ring (bicyclic) bond motifs is 1. The van der Waals surface area contributed by atoms with Gasteiger partial charge in [0, 0.05) is 6.04 Å². The highest BCUT2D eigenvalue weighted by molar-refractivity contribution is 5.44. The van der Waals surface area contributed by atoms with Gasteiger partial charge in [-0.25, -0.2) is 0 Å². The minimum absolute atomic E-state index is 0.314. The molecule has 1 heteroatoms. The molecule has 1 aliphatic carbocycles. The lowest BCUT2D eigenvalue weighted by atomic mass is 9.63. The van der Waals surface area contributed by atoms with Crippen molar-refractivity contribution in [3.8, 4) is 0 Å². The quantitative estimate of drug-likeness (QED) is 0.818. The van der Waals surface area contributed by atoms with Gasteiger partial charge >= 0.3 is 0 Å². The van der Waals surface area contributed by atoms with E-state index in [9.17, 15) is 0 Å². The first-order valence-electron chi connectivity index (χ1n) is 7.10. The SMILES string of the molecule is CNC(C)c1ccc2c(c1)C(C)(C)CCC2(C)C. The first-order valence-corrected chi connectivity index (χ1v) is 7.10. The summed E-state index contributed by atoms with van der Waals surface area (Å²) in [7, 11) is 2.03. The molecule has 0 bridgehead atoms. The van der Waals surface area contributed by atoms with Crippen LogP contribution in [-0.4, -0.2) is 7.05 Å². The molecule has 2 rings (SSSR count). The van der Waals surface area contributed by atoms with Crippen molar-refractivity contribution in [1.29, 1.82) is 0 Å². The number of hydrogen-bond acceptors (Lipinski definition) is 1. The summed E-state index contributed by atoms with van der Waals surface area (Å²) in [5, 5.41) is 3.34.